The number of furan rings is 1. The van der Waals surface area contributed by atoms with E-state index in [1.54, 1.807) is 62.4 Å². The number of aromatic carboxylic acids is 1. The van der Waals surface area contributed by atoms with Crippen LogP contribution in [0.2, 0.25) is 10.0 Å². The Kier molecular flexibility index (Phi) is 7.31. The average molecular weight is 583 g/mol. The standard InChI is InChI=1S/C28H20Cl2N2O6S/c1-3-37-27(36)23-14(2)31-28-32(24(23)17-6-4-5-7-19(17)29)25(33)22(39-28)13-16-9-11-21(38-16)15-8-10-20(30)18(12-15)26(34)35/h4-13,24H,3H2,1-2H3,(H,34,35)/t24-/m1/s1. The topological polar surface area (TPSA) is 111 Å². The normalized spacial score (nSPS) is 15.2. The Balaban J connectivity index is 1.63. The van der Waals surface area contributed by atoms with E-state index in [0.29, 0.717) is 42.7 Å². The molecule has 1 aliphatic heterocycles. The van der Waals surface area contributed by atoms with E-state index in [1.807, 2.05) is 0 Å². The Labute approximate surface area is 235 Å². The maximum atomic E-state index is 13.7. The van der Waals surface area contributed by atoms with Crippen molar-refractivity contribution in [3.8, 4) is 11.3 Å². The highest BCUT2D eigenvalue weighted by Crippen LogP contribution is 2.34. The lowest BCUT2D eigenvalue weighted by Crippen LogP contribution is -2.40. The Hall–Kier alpha value is -3.92. The summed E-state index contributed by atoms with van der Waals surface area (Å²) < 4.78 is 13.0. The summed E-state index contributed by atoms with van der Waals surface area (Å²) in [7, 11) is 0. The Morgan fingerprint density at radius 2 is 1.92 bits per heavy atom. The lowest BCUT2D eigenvalue weighted by molar-refractivity contribution is -0.139. The third kappa shape index (κ3) is 4.96. The first-order chi connectivity index (χ1) is 18.7. The van der Waals surface area contributed by atoms with Crippen molar-refractivity contribution in [1.29, 1.82) is 0 Å². The summed E-state index contributed by atoms with van der Waals surface area (Å²) in [6.07, 6.45) is 1.58. The molecule has 0 unspecified atom stereocenters. The van der Waals surface area contributed by atoms with E-state index in [2.05, 4.69) is 4.99 Å². The quantitative estimate of drug-likeness (QED) is 0.318. The molecule has 11 heteroatoms. The molecular weight excluding hydrogens is 563 g/mol. The predicted octanol–water partition coefficient (Wildman–Crippen LogP) is 5.06. The summed E-state index contributed by atoms with van der Waals surface area (Å²) in [6, 6.07) is 14.1. The molecule has 198 valence electrons. The lowest BCUT2D eigenvalue weighted by Gasteiger charge is -2.25. The third-order valence-corrected chi connectivity index (χ3v) is 7.75. The van der Waals surface area contributed by atoms with Crippen molar-refractivity contribution in [3.63, 3.8) is 0 Å². The lowest BCUT2D eigenvalue weighted by atomic mass is 9.96. The zero-order valence-corrected chi connectivity index (χ0v) is 22.9. The number of carboxylic acid groups (broad SMARTS) is 1. The fourth-order valence-electron chi connectivity index (χ4n) is 4.34. The molecule has 2 aromatic heterocycles. The number of carboxylic acids is 1. The molecule has 3 heterocycles. The van der Waals surface area contributed by atoms with E-state index in [9.17, 15) is 19.5 Å². The summed E-state index contributed by atoms with van der Waals surface area (Å²) in [4.78, 5) is 43.1. The molecule has 0 bridgehead atoms. The van der Waals surface area contributed by atoms with Gasteiger partial charge in [-0.15, -0.1) is 0 Å². The first-order valence-electron chi connectivity index (χ1n) is 11.8. The van der Waals surface area contributed by atoms with E-state index in [-0.39, 0.29) is 28.3 Å². The van der Waals surface area contributed by atoms with Crippen LogP contribution in [0.3, 0.4) is 0 Å². The molecule has 2 aromatic carbocycles. The van der Waals surface area contributed by atoms with Crippen molar-refractivity contribution >= 4 is 52.6 Å². The number of fused-ring (bicyclic) bond motifs is 1. The van der Waals surface area contributed by atoms with Crippen molar-refractivity contribution in [3.05, 3.63) is 112 Å². The number of thiazole rings is 1. The molecule has 0 radical (unpaired) electrons. The Morgan fingerprint density at radius 3 is 2.64 bits per heavy atom. The minimum Gasteiger partial charge on any atom is -0.478 e. The molecule has 0 saturated carbocycles. The summed E-state index contributed by atoms with van der Waals surface area (Å²) >= 11 is 13.7. The van der Waals surface area contributed by atoms with Crippen LogP contribution in [-0.2, 0) is 9.53 Å². The smallest absolute Gasteiger partial charge is 0.338 e. The number of rotatable bonds is 6. The zero-order chi connectivity index (χ0) is 27.8. The molecule has 0 saturated heterocycles. The molecule has 1 atom stereocenters. The van der Waals surface area contributed by atoms with Gasteiger partial charge in [-0.3, -0.25) is 9.36 Å². The van der Waals surface area contributed by atoms with Gasteiger partial charge in [0.1, 0.15) is 17.6 Å². The SMILES string of the molecule is CCOC(=O)C1=C(C)N=c2sc(=Cc3ccc(-c4ccc(Cl)c(C(=O)O)c4)o3)c(=O)n2[C@@H]1c1ccccc1Cl. The molecule has 5 rings (SSSR count). The van der Waals surface area contributed by atoms with E-state index in [1.165, 1.54) is 16.7 Å². The van der Waals surface area contributed by atoms with Gasteiger partial charge in [-0.25, -0.2) is 14.6 Å². The van der Waals surface area contributed by atoms with Gasteiger partial charge in [0.2, 0.25) is 0 Å². The molecule has 4 aromatic rings. The molecule has 0 spiro atoms. The summed E-state index contributed by atoms with van der Waals surface area (Å²) in [5.74, 6) is -0.946. The van der Waals surface area contributed by atoms with Gasteiger partial charge in [0.15, 0.2) is 4.80 Å². The van der Waals surface area contributed by atoms with Gasteiger partial charge in [0.25, 0.3) is 5.56 Å². The second-order valence-electron chi connectivity index (χ2n) is 8.53. The Bertz CT molecular complexity index is 1850. The highest BCUT2D eigenvalue weighted by Gasteiger charge is 2.34. The fraction of sp³-hybridized carbons (Fsp3) is 0.143. The minimum atomic E-state index is -1.15. The number of aromatic nitrogens is 1. The fourth-order valence-corrected chi connectivity index (χ4v) is 5.80. The van der Waals surface area contributed by atoms with Gasteiger partial charge in [0.05, 0.1) is 33.0 Å². The van der Waals surface area contributed by atoms with Crippen LogP contribution in [0.4, 0.5) is 0 Å². The number of ether oxygens (including phenoxy) is 1. The summed E-state index contributed by atoms with van der Waals surface area (Å²) in [5, 5.41) is 9.88. The number of hydrogen-bond acceptors (Lipinski definition) is 7. The molecule has 0 aliphatic carbocycles. The molecule has 1 N–H and O–H groups in total. The van der Waals surface area contributed by atoms with Gasteiger partial charge in [-0.05, 0) is 55.8 Å². The second kappa shape index (κ2) is 10.7. The average Bonchev–Trinajstić information content (AvgIpc) is 3.48. The van der Waals surface area contributed by atoms with E-state index >= 15 is 0 Å². The van der Waals surface area contributed by atoms with Crippen molar-refractivity contribution < 1.29 is 23.8 Å². The maximum Gasteiger partial charge on any atom is 0.338 e. The zero-order valence-electron chi connectivity index (χ0n) is 20.6. The van der Waals surface area contributed by atoms with Crippen LogP contribution in [0.25, 0.3) is 17.4 Å². The van der Waals surface area contributed by atoms with Crippen LogP contribution >= 0.6 is 34.5 Å². The highest BCUT2D eigenvalue weighted by molar-refractivity contribution is 7.07. The molecule has 0 fully saturated rings. The van der Waals surface area contributed by atoms with Crippen LogP contribution in [0.5, 0.6) is 0 Å². The molecule has 39 heavy (non-hydrogen) atoms. The van der Waals surface area contributed by atoms with Crippen molar-refractivity contribution in [2.75, 3.05) is 6.61 Å². The van der Waals surface area contributed by atoms with Crippen LogP contribution in [0.1, 0.15) is 41.6 Å². The van der Waals surface area contributed by atoms with Gasteiger partial charge in [-0.2, -0.15) is 0 Å². The monoisotopic (exact) mass is 582 g/mol. The third-order valence-electron chi connectivity index (χ3n) is 6.10. The molecule has 0 amide bonds. The number of halogens is 2. The number of carbonyl (C=O) groups excluding carboxylic acids is 1. The van der Waals surface area contributed by atoms with Gasteiger partial charge >= 0.3 is 11.9 Å². The van der Waals surface area contributed by atoms with Gasteiger partial charge in [-0.1, -0.05) is 52.7 Å². The molecule has 1 aliphatic rings. The van der Waals surface area contributed by atoms with E-state index < -0.39 is 18.0 Å². The van der Waals surface area contributed by atoms with Crippen LogP contribution in [0, 0.1) is 0 Å². The second-order valence-corrected chi connectivity index (χ2v) is 10.3. The van der Waals surface area contributed by atoms with Gasteiger partial charge < -0.3 is 14.3 Å². The first kappa shape index (κ1) is 26.7. The van der Waals surface area contributed by atoms with E-state index in [4.69, 9.17) is 32.4 Å². The number of benzene rings is 2. The minimum absolute atomic E-state index is 0.0484. The van der Waals surface area contributed by atoms with Crippen LogP contribution < -0.4 is 14.9 Å². The number of esters is 1. The largest absolute Gasteiger partial charge is 0.478 e. The van der Waals surface area contributed by atoms with Gasteiger partial charge in [0, 0.05) is 16.7 Å². The first-order valence-corrected chi connectivity index (χ1v) is 13.3. The number of allylic oxidation sites excluding steroid dienone is 1. The number of hydrogen-bond donors (Lipinski definition) is 1. The number of nitrogens with zero attached hydrogens (tertiary/aromatic N) is 2. The predicted molar refractivity (Wildman–Crippen MR) is 148 cm³/mol. The van der Waals surface area contributed by atoms with E-state index in [0.717, 1.165) is 11.3 Å². The van der Waals surface area contributed by atoms with Crippen molar-refractivity contribution in [1.82, 2.24) is 4.57 Å². The Morgan fingerprint density at radius 1 is 1.15 bits per heavy atom. The number of carbonyl (C=O) groups is 2. The summed E-state index contributed by atoms with van der Waals surface area (Å²) in [6.45, 7) is 3.57. The van der Waals surface area contributed by atoms with Crippen LogP contribution in [0.15, 0.2) is 80.1 Å². The maximum absolute atomic E-state index is 13.7. The summed E-state index contributed by atoms with van der Waals surface area (Å²) in [5.41, 5.74) is 1.33. The highest BCUT2D eigenvalue weighted by atomic mass is 35.5. The molecule has 8 nitrogen and oxygen atoms in total. The van der Waals surface area contributed by atoms with Crippen molar-refractivity contribution in [2.24, 2.45) is 4.99 Å². The van der Waals surface area contributed by atoms with Crippen molar-refractivity contribution in [2.45, 2.75) is 19.9 Å². The van der Waals surface area contributed by atoms with Crippen LogP contribution in [-0.4, -0.2) is 28.2 Å². The molecular formula is C28H20Cl2N2O6S.